The molecule has 4 rings (SSSR count). The molecule has 2 unspecified atom stereocenters. The van der Waals surface area contributed by atoms with Crippen LogP contribution in [0.15, 0.2) is 60.7 Å². The van der Waals surface area contributed by atoms with E-state index in [-0.39, 0.29) is 24.4 Å². The fraction of sp³-hybridized carbons (Fsp3) is 0.250. The molecule has 18 heavy (non-hydrogen) atoms. The highest BCUT2D eigenvalue weighted by atomic mass is 16.7. The highest BCUT2D eigenvalue weighted by Crippen LogP contribution is 2.53. The Kier molecular flexibility index (Phi) is 2.25. The van der Waals surface area contributed by atoms with E-state index >= 15 is 0 Å². The summed E-state index contributed by atoms with van der Waals surface area (Å²) in [4.78, 5) is 0. The Morgan fingerprint density at radius 1 is 0.556 bits per heavy atom. The summed E-state index contributed by atoms with van der Waals surface area (Å²) < 4.78 is 11.5. The Morgan fingerprint density at radius 3 is 1.33 bits per heavy atom. The average molecular weight is 238 g/mol. The second-order valence-corrected chi connectivity index (χ2v) is 4.86. The summed E-state index contributed by atoms with van der Waals surface area (Å²) in [5.74, 6) is 0. The number of benzene rings is 2. The molecule has 2 aliphatic rings. The highest BCUT2D eigenvalue weighted by molar-refractivity contribution is 5.28. The van der Waals surface area contributed by atoms with Crippen molar-refractivity contribution in [2.75, 3.05) is 0 Å². The lowest BCUT2D eigenvalue weighted by molar-refractivity contribution is 0.309. The molecule has 4 atom stereocenters. The minimum atomic E-state index is 0.227. The second kappa shape index (κ2) is 3.94. The zero-order valence-corrected chi connectivity index (χ0v) is 9.90. The first-order valence-corrected chi connectivity index (χ1v) is 6.34. The number of rotatable bonds is 3. The lowest BCUT2D eigenvalue weighted by Gasteiger charge is -1.94. The second-order valence-electron chi connectivity index (χ2n) is 4.86. The molecule has 0 aliphatic carbocycles. The van der Waals surface area contributed by atoms with E-state index in [9.17, 15) is 0 Å². The number of hydrogen-bond donors (Lipinski definition) is 0. The van der Waals surface area contributed by atoms with E-state index in [2.05, 4.69) is 48.5 Å². The summed E-state index contributed by atoms with van der Waals surface area (Å²) in [5.41, 5.74) is 2.51. The summed E-state index contributed by atoms with van der Waals surface area (Å²) in [6, 6.07) is 20.7. The van der Waals surface area contributed by atoms with Crippen molar-refractivity contribution >= 4 is 0 Å². The SMILES string of the molecule is c1ccc(C2O[C@@H]2[C@H]2OC2c2ccccc2)cc1. The van der Waals surface area contributed by atoms with Crippen LogP contribution in [0, 0.1) is 0 Å². The lowest BCUT2D eigenvalue weighted by Crippen LogP contribution is -1.99. The molecular weight excluding hydrogens is 224 g/mol. The van der Waals surface area contributed by atoms with E-state index in [1.54, 1.807) is 0 Å². The van der Waals surface area contributed by atoms with Crippen LogP contribution in [0.3, 0.4) is 0 Å². The maximum Gasteiger partial charge on any atom is 0.118 e. The molecule has 0 N–H and O–H groups in total. The molecule has 2 heteroatoms. The van der Waals surface area contributed by atoms with Crippen molar-refractivity contribution in [1.29, 1.82) is 0 Å². The quantitative estimate of drug-likeness (QED) is 0.767. The largest absolute Gasteiger partial charge is 0.362 e. The van der Waals surface area contributed by atoms with Crippen LogP contribution in [0.2, 0.25) is 0 Å². The Bertz CT molecular complexity index is 486. The first-order chi connectivity index (χ1) is 8.93. The first-order valence-electron chi connectivity index (χ1n) is 6.34. The van der Waals surface area contributed by atoms with Crippen LogP contribution >= 0.6 is 0 Å². The zero-order chi connectivity index (χ0) is 11.9. The maximum atomic E-state index is 5.75. The third-order valence-electron chi connectivity index (χ3n) is 3.63. The summed E-state index contributed by atoms with van der Waals surface area (Å²) in [7, 11) is 0. The Balaban J connectivity index is 1.44. The van der Waals surface area contributed by atoms with E-state index < -0.39 is 0 Å². The van der Waals surface area contributed by atoms with Gasteiger partial charge in [0.05, 0.1) is 0 Å². The van der Waals surface area contributed by atoms with Gasteiger partial charge in [-0.05, 0) is 11.1 Å². The third kappa shape index (κ3) is 1.74. The van der Waals surface area contributed by atoms with Gasteiger partial charge in [-0.2, -0.15) is 0 Å². The molecule has 0 amide bonds. The predicted octanol–water partition coefficient (Wildman–Crippen LogP) is 3.27. The van der Waals surface area contributed by atoms with Crippen LogP contribution < -0.4 is 0 Å². The van der Waals surface area contributed by atoms with Gasteiger partial charge in [-0.1, -0.05) is 60.7 Å². The Morgan fingerprint density at radius 2 is 0.944 bits per heavy atom. The zero-order valence-electron chi connectivity index (χ0n) is 9.90. The Labute approximate surface area is 106 Å². The topological polar surface area (TPSA) is 25.1 Å². The van der Waals surface area contributed by atoms with Crippen molar-refractivity contribution in [2.45, 2.75) is 24.4 Å². The van der Waals surface area contributed by atoms with E-state index in [0.717, 1.165) is 0 Å². The van der Waals surface area contributed by atoms with Gasteiger partial charge in [0.2, 0.25) is 0 Å². The van der Waals surface area contributed by atoms with Crippen LogP contribution in [0.25, 0.3) is 0 Å². The normalized spacial score (nSPS) is 33.1. The molecule has 2 saturated heterocycles. The summed E-state index contributed by atoms with van der Waals surface area (Å²) in [6.45, 7) is 0. The molecule has 2 aromatic carbocycles. The van der Waals surface area contributed by atoms with Crippen molar-refractivity contribution in [3.05, 3.63) is 71.8 Å². The minimum absolute atomic E-state index is 0.227. The molecule has 2 heterocycles. The van der Waals surface area contributed by atoms with Crippen molar-refractivity contribution in [3.63, 3.8) is 0 Å². The van der Waals surface area contributed by atoms with Gasteiger partial charge in [-0.15, -0.1) is 0 Å². The predicted molar refractivity (Wildman–Crippen MR) is 68.1 cm³/mol. The molecule has 90 valence electrons. The van der Waals surface area contributed by atoms with Crippen LogP contribution in [0.5, 0.6) is 0 Å². The number of ether oxygens (including phenoxy) is 2. The van der Waals surface area contributed by atoms with Crippen LogP contribution in [0.4, 0.5) is 0 Å². The molecular formula is C16H14O2. The first kappa shape index (κ1) is 10.3. The third-order valence-corrected chi connectivity index (χ3v) is 3.63. The summed E-state index contributed by atoms with van der Waals surface area (Å²) in [6.07, 6.45) is 0.921. The van der Waals surface area contributed by atoms with Crippen molar-refractivity contribution < 1.29 is 9.47 Å². The van der Waals surface area contributed by atoms with E-state index in [0.29, 0.717) is 0 Å². The molecule has 0 aromatic heterocycles. The van der Waals surface area contributed by atoms with E-state index in [1.165, 1.54) is 11.1 Å². The summed E-state index contributed by atoms with van der Waals surface area (Å²) in [5, 5.41) is 0. The molecule has 2 fully saturated rings. The molecule has 0 spiro atoms. The van der Waals surface area contributed by atoms with E-state index in [1.807, 2.05) is 12.1 Å². The molecule has 2 aliphatic heterocycles. The van der Waals surface area contributed by atoms with Crippen LogP contribution in [-0.4, -0.2) is 12.2 Å². The number of epoxide rings is 2. The van der Waals surface area contributed by atoms with Crippen LogP contribution in [-0.2, 0) is 9.47 Å². The standard InChI is InChI=1S/C16H14O2/c1-3-7-11(8-4-1)13-15(17-13)16-14(18-16)12-9-5-2-6-10-12/h1-10,13-16H/t13?,14?,15-,16-/m0/s1. The molecule has 0 bridgehead atoms. The van der Waals surface area contributed by atoms with Gasteiger partial charge in [0, 0.05) is 0 Å². The molecule has 2 aromatic rings. The molecule has 0 radical (unpaired) electrons. The Hall–Kier alpha value is -1.64. The van der Waals surface area contributed by atoms with Crippen molar-refractivity contribution in [1.82, 2.24) is 0 Å². The molecule has 2 nitrogen and oxygen atoms in total. The number of hydrogen-bond acceptors (Lipinski definition) is 2. The van der Waals surface area contributed by atoms with E-state index in [4.69, 9.17) is 9.47 Å². The minimum Gasteiger partial charge on any atom is -0.362 e. The fourth-order valence-corrected chi connectivity index (χ4v) is 2.57. The van der Waals surface area contributed by atoms with Gasteiger partial charge in [-0.25, -0.2) is 0 Å². The van der Waals surface area contributed by atoms with Gasteiger partial charge < -0.3 is 9.47 Å². The fourth-order valence-electron chi connectivity index (χ4n) is 2.57. The smallest absolute Gasteiger partial charge is 0.118 e. The van der Waals surface area contributed by atoms with Gasteiger partial charge in [0.15, 0.2) is 0 Å². The maximum absolute atomic E-state index is 5.75. The van der Waals surface area contributed by atoms with Crippen LogP contribution in [0.1, 0.15) is 23.3 Å². The van der Waals surface area contributed by atoms with Crippen molar-refractivity contribution in [3.8, 4) is 0 Å². The highest BCUT2D eigenvalue weighted by Gasteiger charge is 2.58. The lowest BCUT2D eigenvalue weighted by atomic mass is 10.0. The average Bonchev–Trinajstić information content (AvgIpc) is 3.32. The van der Waals surface area contributed by atoms with Gasteiger partial charge in [-0.3, -0.25) is 0 Å². The van der Waals surface area contributed by atoms with Gasteiger partial charge >= 0.3 is 0 Å². The van der Waals surface area contributed by atoms with Gasteiger partial charge in [0.1, 0.15) is 24.4 Å². The molecule has 0 saturated carbocycles. The summed E-state index contributed by atoms with van der Waals surface area (Å²) >= 11 is 0. The van der Waals surface area contributed by atoms with Crippen molar-refractivity contribution in [2.24, 2.45) is 0 Å². The monoisotopic (exact) mass is 238 g/mol. The van der Waals surface area contributed by atoms with Gasteiger partial charge in [0.25, 0.3) is 0 Å².